The summed E-state index contributed by atoms with van der Waals surface area (Å²) in [4.78, 5) is 4.47. The molecule has 1 aliphatic rings. The molecule has 1 atom stereocenters. The quantitative estimate of drug-likeness (QED) is 0.647. The topological polar surface area (TPSA) is 89.8 Å². The van der Waals surface area contributed by atoms with Gasteiger partial charge in [-0.3, -0.25) is 4.68 Å². The molecule has 0 saturated heterocycles. The average Bonchev–Trinajstić information content (AvgIpc) is 3.12. The molecule has 2 N–H and O–H groups in total. The van der Waals surface area contributed by atoms with Gasteiger partial charge in [-0.25, -0.2) is 4.98 Å². The van der Waals surface area contributed by atoms with Crippen LogP contribution in [0, 0.1) is 0 Å². The van der Waals surface area contributed by atoms with E-state index >= 15 is 0 Å². The van der Waals surface area contributed by atoms with Gasteiger partial charge in [-0.15, -0.1) is 0 Å². The first-order chi connectivity index (χ1) is 12.8. The van der Waals surface area contributed by atoms with Crippen LogP contribution in [0.25, 0.3) is 11.1 Å². The van der Waals surface area contributed by atoms with Gasteiger partial charge < -0.3 is 15.4 Å². The minimum Gasteiger partial charge on any atom is -0.470 e. The van der Waals surface area contributed by atoms with E-state index in [4.69, 9.17) is 4.74 Å². The van der Waals surface area contributed by atoms with Crippen LogP contribution in [-0.4, -0.2) is 50.7 Å². The maximum absolute atomic E-state index is 6.00. The number of rotatable bonds is 6. The van der Waals surface area contributed by atoms with Gasteiger partial charge in [0.25, 0.3) is 0 Å². The summed E-state index contributed by atoms with van der Waals surface area (Å²) in [5, 5.41) is 18.7. The minimum atomic E-state index is 0.0507. The van der Waals surface area contributed by atoms with E-state index in [0.29, 0.717) is 5.88 Å². The highest BCUT2D eigenvalue weighted by atomic mass is 16.5. The number of aryl methyl sites for hydroxylation is 1. The molecule has 0 radical (unpaired) electrons. The van der Waals surface area contributed by atoms with E-state index in [2.05, 4.69) is 37.0 Å². The highest BCUT2D eigenvalue weighted by Gasteiger charge is 2.20. The second kappa shape index (κ2) is 7.49. The zero-order chi connectivity index (χ0) is 17.8. The SMILES string of the molecule is Cn1cc(-c2cnc3c(c2)NCC(CNCCc2ccnnc2)O3)cn1. The first-order valence-corrected chi connectivity index (χ1v) is 8.64. The van der Waals surface area contributed by atoms with Gasteiger partial charge in [0.1, 0.15) is 6.10 Å². The minimum absolute atomic E-state index is 0.0507. The van der Waals surface area contributed by atoms with Crippen molar-refractivity contribution < 1.29 is 4.74 Å². The molecule has 1 aliphatic heterocycles. The Morgan fingerprint density at radius 2 is 2.23 bits per heavy atom. The molecule has 0 aromatic carbocycles. The number of aromatic nitrogens is 5. The van der Waals surface area contributed by atoms with E-state index in [-0.39, 0.29) is 6.10 Å². The van der Waals surface area contributed by atoms with Gasteiger partial charge in [-0.1, -0.05) is 0 Å². The number of fused-ring (bicyclic) bond motifs is 1. The van der Waals surface area contributed by atoms with Crippen LogP contribution in [0.3, 0.4) is 0 Å². The Balaban J connectivity index is 1.30. The van der Waals surface area contributed by atoms with Crippen LogP contribution in [0.15, 0.2) is 43.1 Å². The molecule has 4 rings (SSSR count). The summed E-state index contributed by atoms with van der Waals surface area (Å²) in [6, 6.07) is 4.03. The highest BCUT2D eigenvalue weighted by Crippen LogP contribution is 2.30. The number of ether oxygens (including phenoxy) is 1. The van der Waals surface area contributed by atoms with Crippen LogP contribution in [0.1, 0.15) is 5.56 Å². The van der Waals surface area contributed by atoms with E-state index < -0.39 is 0 Å². The van der Waals surface area contributed by atoms with E-state index in [1.807, 2.05) is 31.7 Å². The Morgan fingerprint density at radius 1 is 1.27 bits per heavy atom. The van der Waals surface area contributed by atoms with Gasteiger partial charge >= 0.3 is 0 Å². The standard InChI is InChI=1S/C18H21N7O/c1-25-12-15(9-24-25)14-6-17-18(21-8-14)26-16(11-20-17)10-19-4-2-13-3-5-22-23-7-13/h3,5-9,12,16,19-20H,2,4,10-11H2,1H3. The van der Waals surface area contributed by atoms with Crippen molar-refractivity contribution in [2.75, 3.05) is 25.0 Å². The first kappa shape index (κ1) is 16.5. The van der Waals surface area contributed by atoms with Crippen molar-refractivity contribution in [3.8, 4) is 17.0 Å². The van der Waals surface area contributed by atoms with Crippen molar-refractivity contribution >= 4 is 5.69 Å². The third kappa shape index (κ3) is 3.80. The zero-order valence-electron chi connectivity index (χ0n) is 14.6. The van der Waals surface area contributed by atoms with Crippen LogP contribution in [0.4, 0.5) is 5.69 Å². The predicted octanol–water partition coefficient (Wildman–Crippen LogP) is 1.28. The summed E-state index contributed by atoms with van der Waals surface area (Å²) in [6.45, 7) is 2.37. The molecular weight excluding hydrogens is 330 g/mol. The van der Waals surface area contributed by atoms with Crippen molar-refractivity contribution in [1.82, 2.24) is 30.3 Å². The monoisotopic (exact) mass is 351 g/mol. The molecule has 0 spiro atoms. The van der Waals surface area contributed by atoms with Crippen molar-refractivity contribution in [2.45, 2.75) is 12.5 Å². The van der Waals surface area contributed by atoms with Crippen molar-refractivity contribution in [2.24, 2.45) is 7.05 Å². The number of anilines is 1. The van der Waals surface area contributed by atoms with Crippen molar-refractivity contribution in [3.63, 3.8) is 0 Å². The summed E-state index contributed by atoms with van der Waals surface area (Å²) < 4.78 is 7.78. The molecule has 1 unspecified atom stereocenters. The molecule has 0 amide bonds. The first-order valence-electron chi connectivity index (χ1n) is 8.64. The summed E-state index contributed by atoms with van der Waals surface area (Å²) >= 11 is 0. The average molecular weight is 351 g/mol. The molecule has 134 valence electrons. The van der Waals surface area contributed by atoms with Crippen molar-refractivity contribution in [1.29, 1.82) is 0 Å². The Morgan fingerprint density at radius 3 is 3.04 bits per heavy atom. The van der Waals surface area contributed by atoms with Crippen LogP contribution in [-0.2, 0) is 13.5 Å². The van der Waals surface area contributed by atoms with Gasteiger partial charge in [0.05, 0.1) is 24.6 Å². The highest BCUT2D eigenvalue weighted by molar-refractivity contribution is 5.69. The van der Waals surface area contributed by atoms with Crippen molar-refractivity contribution in [3.05, 3.63) is 48.7 Å². The van der Waals surface area contributed by atoms with E-state index in [9.17, 15) is 0 Å². The number of nitrogens with one attached hydrogen (secondary N) is 2. The number of nitrogens with zero attached hydrogens (tertiary/aromatic N) is 5. The maximum Gasteiger partial charge on any atom is 0.237 e. The Kier molecular flexibility index (Phi) is 4.74. The molecule has 0 bridgehead atoms. The maximum atomic E-state index is 6.00. The largest absolute Gasteiger partial charge is 0.470 e. The van der Waals surface area contributed by atoms with Gasteiger partial charge in [-0.2, -0.15) is 15.3 Å². The van der Waals surface area contributed by atoms with Crippen LogP contribution >= 0.6 is 0 Å². The normalized spacial score (nSPS) is 15.8. The fourth-order valence-corrected chi connectivity index (χ4v) is 2.90. The molecule has 3 aromatic rings. The summed E-state index contributed by atoms with van der Waals surface area (Å²) in [5.41, 5.74) is 4.16. The number of pyridine rings is 1. The molecule has 0 saturated carbocycles. The Bertz CT molecular complexity index is 865. The number of hydrogen-bond donors (Lipinski definition) is 2. The van der Waals surface area contributed by atoms with Crippen LogP contribution in [0.5, 0.6) is 5.88 Å². The predicted molar refractivity (Wildman–Crippen MR) is 98.0 cm³/mol. The second-order valence-electron chi connectivity index (χ2n) is 6.30. The van der Waals surface area contributed by atoms with Gasteiger partial charge in [0, 0.05) is 43.3 Å². The number of hydrogen-bond acceptors (Lipinski definition) is 7. The summed E-state index contributed by atoms with van der Waals surface area (Å²) in [6.07, 6.45) is 10.1. The lowest BCUT2D eigenvalue weighted by molar-refractivity contribution is 0.194. The van der Waals surface area contributed by atoms with E-state index in [0.717, 1.165) is 42.9 Å². The molecule has 8 heteroatoms. The third-order valence-electron chi connectivity index (χ3n) is 4.30. The van der Waals surface area contributed by atoms with E-state index in [1.54, 1.807) is 17.1 Å². The summed E-state index contributed by atoms with van der Waals surface area (Å²) in [7, 11) is 1.90. The Labute approximate surface area is 151 Å². The van der Waals surface area contributed by atoms with Gasteiger partial charge in [0.15, 0.2) is 0 Å². The summed E-state index contributed by atoms with van der Waals surface area (Å²) in [5.74, 6) is 0.647. The fraction of sp³-hybridized carbons (Fsp3) is 0.333. The molecule has 0 fully saturated rings. The Hall–Kier alpha value is -3.00. The van der Waals surface area contributed by atoms with E-state index in [1.165, 1.54) is 5.56 Å². The lowest BCUT2D eigenvalue weighted by Crippen LogP contribution is -2.40. The molecule has 4 heterocycles. The van der Waals surface area contributed by atoms with Crippen LogP contribution in [0.2, 0.25) is 0 Å². The lowest BCUT2D eigenvalue weighted by atomic mass is 10.1. The zero-order valence-corrected chi connectivity index (χ0v) is 14.6. The van der Waals surface area contributed by atoms with Gasteiger partial charge in [0.2, 0.25) is 5.88 Å². The fourth-order valence-electron chi connectivity index (χ4n) is 2.90. The smallest absolute Gasteiger partial charge is 0.237 e. The molecule has 3 aromatic heterocycles. The molecular formula is C18H21N7O. The molecule has 0 aliphatic carbocycles. The third-order valence-corrected chi connectivity index (χ3v) is 4.30. The molecule has 8 nitrogen and oxygen atoms in total. The van der Waals surface area contributed by atoms with Gasteiger partial charge in [-0.05, 0) is 30.7 Å². The lowest BCUT2D eigenvalue weighted by Gasteiger charge is -2.27. The second-order valence-corrected chi connectivity index (χ2v) is 6.30. The molecule has 26 heavy (non-hydrogen) atoms. The van der Waals surface area contributed by atoms with Crippen LogP contribution < -0.4 is 15.4 Å².